The summed E-state index contributed by atoms with van der Waals surface area (Å²) < 4.78 is 1.77. The molecule has 0 aliphatic rings. The molecule has 0 saturated carbocycles. The number of nitrogens with zero attached hydrogens (tertiary/aromatic N) is 3. The van der Waals surface area contributed by atoms with Crippen molar-refractivity contribution in [2.45, 2.75) is 65.5 Å². The third kappa shape index (κ3) is 5.00. The van der Waals surface area contributed by atoms with Gasteiger partial charge in [-0.3, -0.25) is 4.57 Å². The molecule has 4 N–H and O–H groups in total. The molecular formula is C19H34N6O. The Morgan fingerprint density at radius 3 is 2.69 bits per heavy atom. The van der Waals surface area contributed by atoms with E-state index in [0.717, 1.165) is 50.1 Å². The Morgan fingerprint density at radius 2 is 2.04 bits per heavy atom. The van der Waals surface area contributed by atoms with Crippen molar-refractivity contribution in [3.05, 3.63) is 16.6 Å². The maximum absolute atomic E-state index is 12.3. The fourth-order valence-corrected chi connectivity index (χ4v) is 2.84. The molecular weight excluding hydrogens is 328 g/mol. The summed E-state index contributed by atoms with van der Waals surface area (Å²) in [6.07, 6.45) is 4.16. The number of aromatic nitrogens is 3. The van der Waals surface area contributed by atoms with Gasteiger partial charge in [0.05, 0.1) is 5.52 Å². The van der Waals surface area contributed by atoms with E-state index in [-0.39, 0.29) is 11.2 Å². The molecule has 146 valence electrons. The molecule has 7 nitrogen and oxygen atoms in total. The van der Waals surface area contributed by atoms with Crippen LogP contribution in [0.1, 0.15) is 53.4 Å². The third-order valence-corrected chi connectivity index (χ3v) is 4.90. The zero-order chi connectivity index (χ0) is 19.3. The molecule has 26 heavy (non-hydrogen) atoms. The molecule has 0 aromatic carbocycles. The quantitative estimate of drug-likeness (QED) is 0.596. The number of nitrogens with two attached hydrogens (primary N) is 1. The number of aromatic amines is 1. The second kappa shape index (κ2) is 8.58. The molecule has 0 atom stereocenters. The highest BCUT2D eigenvalue weighted by atomic mass is 16.1. The Balaban J connectivity index is 2.09. The lowest BCUT2D eigenvalue weighted by molar-refractivity contribution is 0.172. The Labute approximate surface area is 156 Å². The Kier molecular flexibility index (Phi) is 6.69. The van der Waals surface area contributed by atoms with Gasteiger partial charge >= 0.3 is 5.69 Å². The van der Waals surface area contributed by atoms with Crippen molar-refractivity contribution < 1.29 is 0 Å². The van der Waals surface area contributed by atoms with Crippen molar-refractivity contribution in [3.8, 4) is 0 Å². The molecule has 7 heteroatoms. The highest BCUT2D eigenvalue weighted by Crippen LogP contribution is 2.20. The van der Waals surface area contributed by atoms with Crippen LogP contribution in [0.3, 0.4) is 0 Å². The van der Waals surface area contributed by atoms with E-state index in [1.165, 1.54) is 0 Å². The zero-order valence-corrected chi connectivity index (χ0v) is 16.9. The van der Waals surface area contributed by atoms with E-state index in [1.807, 2.05) is 6.07 Å². The summed E-state index contributed by atoms with van der Waals surface area (Å²) in [7, 11) is 2.14. The molecule has 0 spiro atoms. The highest BCUT2D eigenvalue weighted by Gasteiger charge is 2.16. The number of rotatable bonds is 9. The first-order valence-electron chi connectivity index (χ1n) is 9.58. The van der Waals surface area contributed by atoms with Gasteiger partial charge < -0.3 is 20.9 Å². The summed E-state index contributed by atoms with van der Waals surface area (Å²) in [6, 6.07) is 1.92. The molecule has 0 amide bonds. The van der Waals surface area contributed by atoms with E-state index in [2.05, 4.69) is 54.9 Å². The molecule has 2 rings (SSSR count). The molecule has 0 aliphatic heterocycles. The standard InChI is InChI=1S/C19H34N6O/c1-6-7-10-21-15-13-14-16(17(20)22-15)23-18(26)25(14)12-9-8-11-24(5)19(2,3)4/h13H,6-12H2,1-5H3,(H,23,26)(H3,20,21,22). The largest absolute Gasteiger partial charge is 0.382 e. The van der Waals surface area contributed by atoms with E-state index >= 15 is 0 Å². The van der Waals surface area contributed by atoms with Gasteiger partial charge in [0.25, 0.3) is 0 Å². The first-order chi connectivity index (χ1) is 12.2. The average Bonchev–Trinajstić information content (AvgIpc) is 2.87. The van der Waals surface area contributed by atoms with Crippen LogP contribution in [0.15, 0.2) is 10.9 Å². The van der Waals surface area contributed by atoms with Crippen LogP contribution in [0.4, 0.5) is 11.6 Å². The summed E-state index contributed by atoms with van der Waals surface area (Å²) in [4.78, 5) is 21.9. The smallest absolute Gasteiger partial charge is 0.326 e. The van der Waals surface area contributed by atoms with E-state index in [0.29, 0.717) is 17.9 Å². The number of nitrogens with one attached hydrogen (secondary N) is 2. The number of anilines is 2. The lowest BCUT2D eigenvalue weighted by Gasteiger charge is -2.31. The number of aryl methyl sites for hydroxylation is 1. The van der Waals surface area contributed by atoms with Crippen molar-refractivity contribution in [2.75, 3.05) is 31.2 Å². The fraction of sp³-hybridized carbons (Fsp3) is 0.684. The van der Waals surface area contributed by atoms with Crippen LogP contribution in [0.5, 0.6) is 0 Å². The lowest BCUT2D eigenvalue weighted by atomic mass is 10.1. The minimum absolute atomic E-state index is 0.122. The third-order valence-electron chi connectivity index (χ3n) is 4.90. The second-order valence-electron chi connectivity index (χ2n) is 7.95. The molecule has 0 radical (unpaired) electrons. The topological polar surface area (TPSA) is 92.0 Å². The number of pyridine rings is 1. The van der Waals surface area contributed by atoms with Crippen LogP contribution in [0, 0.1) is 0 Å². The van der Waals surface area contributed by atoms with Crippen LogP contribution in [0.2, 0.25) is 0 Å². The van der Waals surface area contributed by atoms with Gasteiger partial charge in [-0.1, -0.05) is 13.3 Å². The minimum atomic E-state index is -0.122. The fourth-order valence-electron chi connectivity index (χ4n) is 2.84. The molecule has 0 unspecified atom stereocenters. The van der Waals surface area contributed by atoms with E-state index in [4.69, 9.17) is 5.73 Å². The van der Waals surface area contributed by atoms with Gasteiger partial charge in [0.15, 0.2) is 5.82 Å². The van der Waals surface area contributed by atoms with E-state index < -0.39 is 0 Å². The average molecular weight is 363 g/mol. The van der Waals surface area contributed by atoms with Crippen molar-refractivity contribution in [1.82, 2.24) is 19.4 Å². The SMILES string of the molecule is CCCCNc1cc2c([nH]c(=O)n2CCCCN(C)C(C)(C)C)c(N)n1. The van der Waals surface area contributed by atoms with Crippen LogP contribution in [0.25, 0.3) is 11.0 Å². The van der Waals surface area contributed by atoms with Gasteiger partial charge in [-0.25, -0.2) is 9.78 Å². The summed E-state index contributed by atoms with van der Waals surface area (Å²) in [5.41, 5.74) is 7.54. The number of hydrogen-bond donors (Lipinski definition) is 3. The maximum atomic E-state index is 12.3. The van der Waals surface area contributed by atoms with Gasteiger partial charge in [0, 0.05) is 24.7 Å². The number of nitrogen functional groups attached to an aromatic ring is 1. The number of unbranched alkanes of at least 4 members (excludes halogenated alkanes) is 2. The van der Waals surface area contributed by atoms with Crippen molar-refractivity contribution in [3.63, 3.8) is 0 Å². The minimum Gasteiger partial charge on any atom is -0.382 e. The first-order valence-corrected chi connectivity index (χ1v) is 9.58. The molecule has 2 aromatic rings. The van der Waals surface area contributed by atoms with Gasteiger partial charge in [0.1, 0.15) is 11.3 Å². The van der Waals surface area contributed by atoms with Gasteiger partial charge in [0.2, 0.25) is 0 Å². The highest BCUT2D eigenvalue weighted by molar-refractivity contribution is 5.87. The van der Waals surface area contributed by atoms with Gasteiger partial charge in [-0.05, 0) is 53.6 Å². The van der Waals surface area contributed by atoms with Crippen LogP contribution >= 0.6 is 0 Å². The maximum Gasteiger partial charge on any atom is 0.326 e. The molecule has 0 aliphatic carbocycles. The number of fused-ring (bicyclic) bond motifs is 1. The van der Waals surface area contributed by atoms with Crippen molar-refractivity contribution >= 4 is 22.7 Å². The summed E-state index contributed by atoms with van der Waals surface area (Å²) in [5.74, 6) is 1.09. The Morgan fingerprint density at radius 1 is 1.31 bits per heavy atom. The van der Waals surface area contributed by atoms with Crippen molar-refractivity contribution in [1.29, 1.82) is 0 Å². The predicted molar refractivity (Wildman–Crippen MR) is 110 cm³/mol. The van der Waals surface area contributed by atoms with Crippen molar-refractivity contribution in [2.24, 2.45) is 0 Å². The molecule has 2 aromatic heterocycles. The van der Waals surface area contributed by atoms with Crippen LogP contribution < -0.4 is 16.7 Å². The molecule has 2 heterocycles. The molecule has 0 saturated heterocycles. The second-order valence-corrected chi connectivity index (χ2v) is 7.95. The lowest BCUT2D eigenvalue weighted by Crippen LogP contribution is -2.38. The summed E-state index contributed by atoms with van der Waals surface area (Å²) in [6.45, 7) is 11.3. The number of H-pyrrole nitrogens is 1. The molecule has 0 fully saturated rings. The van der Waals surface area contributed by atoms with Crippen LogP contribution in [-0.4, -0.2) is 45.1 Å². The summed E-state index contributed by atoms with van der Waals surface area (Å²) in [5, 5.41) is 3.29. The van der Waals surface area contributed by atoms with Gasteiger partial charge in [-0.2, -0.15) is 0 Å². The first kappa shape index (κ1) is 20.3. The number of hydrogen-bond acceptors (Lipinski definition) is 5. The van der Waals surface area contributed by atoms with Gasteiger partial charge in [-0.15, -0.1) is 0 Å². The number of imidazole rings is 1. The predicted octanol–water partition coefficient (Wildman–Crippen LogP) is 3.03. The van der Waals surface area contributed by atoms with E-state index in [1.54, 1.807) is 4.57 Å². The monoisotopic (exact) mass is 362 g/mol. The Bertz CT molecular complexity index is 771. The zero-order valence-electron chi connectivity index (χ0n) is 16.9. The normalized spacial score (nSPS) is 12.2. The molecule has 0 bridgehead atoms. The Hall–Kier alpha value is -2.02. The van der Waals surface area contributed by atoms with Crippen LogP contribution in [-0.2, 0) is 6.54 Å². The summed E-state index contributed by atoms with van der Waals surface area (Å²) >= 11 is 0. The van der Waals surface area contributed by atoms with E-state index in [9.17, 15) is 4.79 Å².